The van der Waals surface area contributed by atoms with E-state index < -0.39 is 0 Å². The van der Waals surface area contributed by atoms with Crippen LogP contribution in [0, 0.1) is 5.92 Å². The van der Waals surface area contributed by atoms with Gasteiger partial charge in [0.05, 0.1) is 0 Å². The molecule has 2 rings (SSSR count). The zero-order chi connectivity index (χ0) is 12.1. The molecule has 1 aliphatic rings. The lowest BCUT2D eigenvalue weighted by Gasteiger charge is -2.22. The molecular weight excluding hydrogens is 280 g/mol. The third kappa shape index (κ3) is 3.82. The van der Waals surface area contributed by atoms with Crippen molar-refractivity contribution in [2.75, 3.05) is 19.6 Å². The minimum Gasteiger partial charge on any atom is -0.352 e. The molecule has 92 valence electrons. The van der Waals surface area contributed by atoms with Gasteiger partial charge < -0.3 is 10.6 Å². The van der Waals surface area contributed by atoms with Crippen LogP contribution < -0.4 is 10.6 Å². The molecule has 17 heavy (non-hydrogen) atoms. The van der Waals surface area contributed by atoms with E-state index in [0.29, 0.717) is 5.92 Å². The van der Waals surface area contributed by atoms with E-state index in [1.807, 2.05) is 24.3 Å². The van der Waals surface area contributed by atoms with Crippen molar-refractivity contribution in [3.8, 4) is 0 Å². The van der Waals surface area contributed by atoms with E-state index in [-0.39, 0.29) is 5.91 Å². The molecule has 1 aromatic rings. The van der Waals surface area contributed by atoms with Gasteiger partial charge in [0, 0.05) is 16.6 Å². The van der Waals surface area contributed by atoms with Crippen molar-refractivity contribution >= 4 is 21.8 Å². The highest BCUT2D eigenvalue weighted by Gasteiger charge is 2.14. The number of hydrogen-bond donors (Lipinski definition) is 2. The Labute approximate surface area is 110 Å². The summed E-state index contributed by atoms with van der Waals surface area (Å²) in [4.78, 5) is 11.9. The topological polar surface area (TPSA) is 41.1 Å². The fraction of sp³-hybridized carbons (Fsp3) is 0.462. The van der Waals surface area contributed by atoms with Crippen LogP contribution in [0.1, 0.15) is 23.2 Å². The Morgan fingerprint density at radius 2 is 2.18 bits per heavy atom. The molecule has 0 bridgehead atoms. The summed E-state index contributed by atoms with van der Waals surface area (Å²) in [7, 11) is 0. The molecule has 0 spiro atoms. The van der Waals surface area contributed by atoms with Crippen molar-refractivity contribution in [1.82, 2.24) is 10.6 Å². The zero-order valence-electron chi connectivity index (χ0n) is 9.71. The van der Waals surface area contributed by atoms with Crippen LogP contribution in [0.2, 0.25) is 0 Å². The third-order valence-electron chi connectivity index (χ3n) is 3.06. The number of piperidine rings is 1. The number of amides is 1. The molecule has 1 amide bonds. The van der Waals surface area contributed by atoms with Crippen molar-refractivity contribution in [3.05, 3.63) is 34.3 Å². The monoisotopic (exact) mass is 296 g/mol. The lowest BCUT2D eigenvalue weighted by Crippen LogP contribution is -2.38. The number of halogens is 1. The average Bonchev–Trinajstić information content (AvgIpc) is 2.38. The number of carbonyl (C=O) groups excluding carboxylic acids is 1. The van der Waals surface area contributed by atoms with Crippen LogP contribution in [0.25, 0.3) is 0 Å². The maximum absolute atomic E-state index is 11.9. The average molecular weight is 297 g/mol. The molecule has 1 heterocycles. The van der Waals surface area contributed by atoms with Crippen LogP contribution in [-0.4, -0.2) is 25.5 Å². The van der Waals surface area contributed by atoms with Crippen molar-refractivity contribution in [3.63, 3.8) is 0 Å². The third-order valence-corrected chi connectivity index (χ3v) is 3.59. The summed E-state index contributed by atoms with van der Waals surface area (Å²) in [6, 6.07) is 7.44. The molecule has 0 radical (unpaired) electrons. The predicted octanol–water partition coefficient (Wildman–Crippen LogP) is 2.18. The summed E-state index contributed by atoms with van der Waals surface area (Å²) >= 11 is 3.36. The van der Waals surface area contributed by atoms with E-state index in [2.05, 4.69) is 26.6 Å². The maximum atomic E-state index is 11.9. The molecule has 2 N–H and O–H groups in total. The van der Waals surface area contributed by atoms with Crippen molar-refractivity contribution in [2.24, 2.45) is 5.92 Å². The van der Waals surface area contributed by atoms with E-state index in [1.54, 1.807) is 0 Å². The number of benzene rings is 1. The molecule has 1 unspecified atom stereocenters. The Balaban J connectivity index is 1.82. The first-order valence-corrected chi connectivity index (χ1v) is 6.79. The second-order valence-electron chi connectivity index (χ2n) is 4.43. The van der Waals surface area contributed by atoms with E-state index in [9.17, 15) is 4.79 Å². The zero-order valence-corrected chi connectivity index (χ0v) is 11.3. The lowest BCUT2D eigenvalue weighted by atomic mass is 10.00. The molecular formula is C13H17BrN2O. The quantitative estimate of drug-likeness (QED) is 0.898. The van der Waals surface area contributed by atoms with Gasteiger partial charge in [-0.15, -0.1) is 0 Å². The number of rotatable bonds is 3. The highest BCUT2D eigenvalue weighted by Crippen LogP contribution is 2.11. The van der Waals surface area contributed by atoms with Crippen LogP contribution in [0.15, 0.2) is 28.7 Å². The summed E-state index contributed by atoms with van der Waals surface area (Å²) in [5, 5.41) is 6.34. The smallest absolute Gasteiger partial charge is 0.251 e. The van der Waals surface area contributed by atoms with Gasteiger partial charge in [-0.05, 0) is 56.1 Å². The van der Waals surface area contributed by atoms with Gasteiger partial charge in [-0.2, -0.15) is 0 Å². The molecule has 3 nitrogen and oxygen atoms in total. The molecule has 1 fully saturated rings. The largest absolute Gasteiger partial charge is 0.352 e. The Morgan fingerprint density at radius 3 is 2.82 bits per heavy atom. The van der Waals surface area contributed by atoms with Crippen LogP contribution in [-0.2, 0) is 0 Å². The van der Waals surface area contributed by atoms with Gasteiger partial charge >= 0.3 is 0 Å². The molecule has 1 aromatic carbocycles. The van der Waals surface area contributed by atoms with Gasteiger partial charge in [0.1, 0.15) is 0 Å². The van der Waals surface area contributed by atoms with Gasteiger partial charge in [0.2, 0.25) is 0 Å². The molecule has 1 saturated heterocycles. The molecule has 0 aromatic heterocycles. The van der Waals surface area contributed by atoms with Gasteiger partial charge in [-0.25, -0.2) is 0 Å². The molecule has 0 aliphatic carbocycles. The van der Waals surface area contributed by atoms with Gasteiger partial charge in [-0.3, -0.25) is 4.79 Å². The maximum Gasteiger partial charge on any atom is 0.251 e. The minimum atomic E-state index is 0.0167. The van der Waals surface area contributed by atoms with Crippen LogP contribution >= 0.6 is 15.9 Å². The lowest BCUT2D eigenvalue weighted by molar-refractivity contribution is 0.0945. The summed E-state index contributed by atoms with van der Waals surface area (Å²) < 4.78 is 0.991. The summed E-state index contributed by atoms with van der Waals surface area (Å²) in [6.45, 7) is 2.89. The standard InChI is InChI=1S/C13H17BrN2O/c14-12-5-3-11(4-6-12)13(17)16-9-10-2-1-7-15-8-10/h3-6,10,15H,1-2,7-9H2,(H,16,17). The van der Waals surface area contributed by atoms with Crippen molar-refractivity contribution in [1.29, 1.82) is 0 Å². The van der Waals surface area contributed by atoms with Gasteiger partial charge in [0.15, 0.2) is 0 Å². The number of hydrogen-bond acceptors (Lipinski definition) is 2. The minimum absolute atomic E-state index is 0.0167. The fourth-order valence-corrected chi connectivity index (χ4v) is 2.30. The second-order valence-corrected chi connectivity index (χ2v) is 5.34. The summed E-state index contributed by atoms with van der Waals surface area (Å²) in [5.74, 6) is 0.589. The first kappa shape index (κ1) is 12.6. The second kappa shape index (κ2) is 6.17. The van der Waals surface area contributed by atoms with E-state index in [1.165, 1.54) is 12.8 Å². The summed E-state index contributed by atoms with van der Waals surface area (Å²) in [5.41, 5.74) is 0.719. The van der Waals surface area contributed by atoms with Gasteiger partial charge in [0.25, 0.3) is 5.91 Å². The Kier molecular flexibility index (Phi) is 4.57. The van der Waals surface area contributed by atoms with E-state index in [0.717, 1.165) is 29.7 Å². The molecule has 1 aliphatic heterocycles. The van der Waals surface area contributed by atoms with E-state index >= 15 is 0 Å². The molecule has 4 heteroatoms. The van der Waals surface area contributed by atoms with Crippen LogP contribution in [0.5, 0.6) is 0 Å². The number of nitrogens with one attached hydrogen (secondary N) is 2. The van der Waals surface area contributed by atoms with Crippen molar-refractivity contribution in [2.45, 2.75) is 12.8 Å². The predicted molar refractivity (Wildman–Crippen MR) is 72.1 cm³/mol. The van der Waals surface area contributed by atoms with Gasteiger partial charge in [-0.1, -0.05) is 15.9 Å². The Bertz CT molecular complexity index is 372. The first-order chi connectivity index (χ1) is 8.25. The molecule has 1 atom stereocenters. The first-order valence-electron chi connectivity index (χ1n) is 6.00. The Morgan fingerprint density at radius 1 is 1.41 bits per heavy atom. The fourth-order valence-electron chi connectivity index (χ4n) is 2.04. The highest BCUT2D eigenvalue weighted by molar-refractivity contribution is 9.10. The highest BCUT2D eigenvalue weighted by atomic mass is 79.9. The van der Waals surface area contributed by atoms with Crippen LogP contribution in [0.3, 0.4) is 0 Å². The van der Waals surface area contributed by atoms with Crippen LogP contribution in [0.4, 0.5) is 0 Å². The van der Waals surface area contributed by atoms with E-state index in [4.69, 9.17) is 0 Å². The Hall–Kier alpha value is -0.870. The number of carbonyl (C=O) groups is 1. The van der Waals surface area contributed by atoms with Crippen molar-refractivity contribution < 1.29 is 4.79 Å². The normalized spacial score (nSPS) is 19.9. The SMILES string of the molecule is O=C(NCC1CCCNC1)c1ccc(Br)cc1. The summed E-state index contributed by atoms with van der Waals surface area (Å²) in [6.07, 6.45) is 2.41. The molecule has 0 saturated carbocycles.